The summed E-state index contributed by atoms with van der Waals surface area (Å²) in [5, 5.41) is 6.67. The Morgan fingerprint density at radius 2 is 1.74 bits per heavy atom. The topological polar surface area (TPSA) is 41.1 Å². The highest BCUT2D eigenvalue weighted by Crippen LogP contribution is 2.48. The molecule has 0 radical (unpaired) electrons. The van der Waals surface area contributed by atoms with E-state index in [1.165, 1.54) is 5.56 Å². The average Bonchev–Trinajstić information content (AvgIpc) is 3.21. The van der Waals surface area contributed by atoms with Gasteiger partial charge in [-0.2, -0.15) is 0 Å². The van der Waals surface area contributed by atoms with Gasteiger partial charge in [0.05, 0.1) is 5.41 Å². The number of amides is 1. The maximum absolute atomic E-state index is 12.7. The van der Waals surface area contributed by atoms with E-state index in [4.69, 9.17) is 0 Å². The van der Waals surface area contributed by atoms with Gasteiger partial charge in [-0.1, -0.05) is 30.3 Å². The number of hydrogen-bond donors (Lipinski definition) is 2. The average molecular weight is 258 g/mol. The van der Waals surface area contributed by atoms with Gasteiger partial charge >= 0.3 is 0 Å². The van der Waals surface area contributed by atoms with Crippen molar-refractivity contribution in [2.45, 2.75) is 43.6 Å². The maximum atomic E-state index is 12.7. The Balaban J connectivity index is 1.74. The second-order valence-corrected chi connectivity index (χ2v) is 6.21. The molecule has 0 aromatic heterocycles. The zero-order valence-electron chi connectivity index (χ0n) is 11.5. The molecular formula is C16H22N2O. The minimum absolute atomic E-state index is 0.0350. The SMILES string of the molecule is CC1(NC(=O)C2(c3ccccc3)CC2)CCNCC1. The Morgan fingerprint density at radius 1 is 1.11 bits per heavy atom. The molecule has 3 heteroatoms. The lowest BCUT2D eigenvalue weighted by atomic mass is 9.88. The number of hydrogen-bond acceptors (Lipinski definition) is 2. The van der Waals surface area contributed by atoms with E-state index >= 15 is 0 Å². The molecule has 0 atom stereocenters. The van der Waals surface area contributed by atoms with Crippen molar-refractivity contribution in [2.24, 2.45) is 0 Å². The van der Waals surface area contributed by atoms with E-state index in [1.54, 1.807) is 0 Å². The monoisotopic (exact) mass is 258 g/mol. The number of carbonyl (C=O) groups excluding carboxylic acids is 1. The third-order valence-electron chi connectivity index (χ3n) is 4.63. The summed E-state index contributed by atoms with van der Waals surface area (Å²) >= 11 is 0. The molecule has 1 aliphatic carbocycles. The largest absolute Gasteiger partial charge is 0.350 e. The Labute approximate surface area is 114 Å². The lowest BCUT2D eigenvalue weighted by molar-refractivity contribution is -0.125. The van der Waals surface area contributed by atoms with Crippen LogP contribution < -0.4 is 10.6 Å². The van der Waals surface area contributed by atoms with Crippen molar-refractivity contribution in [2.75, 3.05) is 13.1 Å². The zero-order valence-corrected chi connectivity index (χ0v) is 11.5. The normalized spacial score (nSPS) is 23.6. The van der Waals surface area contributed by atoms with Crippen LogP contribution in [0.4, 0.5) is 0 Å². The van der Waals surface area contributed by atoms with Gasteiger partial charge in [-0.05, 0) is 51.3 Å². The number of piperidine rings is 1. The smallest absolute Gasteiger partial charge is 0.231 e. The van der Waals surface area contributed by atoms with Gasteiger partial charge in [0.15, 0.2) is 0 Å². The van der Waals surface area contributed by atoms with Gasteiger partial charge in [0.25, 0.3) is 0 Å². The molecule has 3 nitrogen and oxygen atoms in total. The highest BCUT2D eigenvalue weighted by molar-refractivity contribution is 5.91. The molecule has 2 fully saturated rings. The first-order valence-corrected chi connectivity index (χ1v) is 7.24. The molecule has 102 valence electrons. The van der Waals surface area contributed by atoms with E-state index in [-0.39, 0.29) is 16.9 Å². The molecule has 1 aliphatic heterocycles. The molecule has 19 heavy (non-hydrogen) atoms. The molecule has 1 aromatic carbocycles. The first-order valence-electron chi connectivity index (χ1n) is 7.24. The van der Waals surface area contributed by atoms with Crippen molar-refractivity contribution >= 4 is 5.91 Å². The summed E-state index contributed by atoms with van der Waals surface area (Å²) in [7, 11) is 0. The van der Waals surface area contributed by atoms with Crippen LogP contribution >= 0.6 is 0 Å². The highest BCUT2D eigenvalue weighted by Gasteiger charge is 2.52. The van der Waals surface area contributed by atoms with Crippen LogP contribution in [0.1, 0.15) is 38.2 Å². The fraction of sp³-hybridized carbons (Fsp3) is 0.562. The summed E-state index contributed by atoms with van der Waals surface area (Å²) < 4.78 is 0. The molecule has 2 N–H and O–H groups in total. The van der Waals surface area contributed by atoms with Crippen LogP contribution in [0.15, 0.2) is 30.3 Å². The second-order valence-electron chi connectivity index (χ2n) is 6.21. The molecule has 1 saturated heterocycles. The van der Waals surface area contributed by atoms with Crippen LogP contribution in [0.3, 0.4) is 0 Å². The summed E-state index contributed by atoms with van der Waals surface area (Å²) in [4.78, 5) is 12.7. The first-order chi connectivity index (χ1) is 9.15. The van der Waals surface area contributed by atoms with E-state index in [0.717, 1.165) is 38.8 Å². The van der Waals surface area contributed by atoms with Gasteiger partial charge in [0.1, 0.15) is 0 Å². The van der Waals surface area contributed by atoms with Crippen molar-refractivity contribution in [3.63, 3.8) is 0 Å². The van der Waals surface area contributed by atoms with Crippen LogP contribution in [0, 0.1) is 0 Å². The lowest BCUT2D eigenvalue weighted by Crippen LogP contribution is -2.54. The second kappa shape index (κ2) is 4.64. The third-order valence-corrected chi connectivity index (χ3v) is 4.63. The van der Waals surface area contributed by atoms with E-state index < -0.39 is 0 Å². The quantitative estimate of drug-likeness (QED) is 0.870. The molecule has 0 spiro atoms. The van der Waals surface area contributed by atoms with Crippen LogP contribution in [0.5, 0.6) is 0 Å². The Bertz CT molecular complexity index is 459. The van der Waals surface area contributed by atoms with E-state index in [0.29, 0.717) is 0 Å². The summed E-state index contributed by atoms with van der Waals surface area (Å²) in [6.07, 6.45) is 4.00. The summed E-state index contributed by atoms with van der Waals surface area (Å²) in [5.74, 6) is 0.225. The molecule has 1 amide bonds. The van der Waals surface area contributed by atoms with E-state index in [1.807, 2.05) is 18.2 Å². The van der Waals surface area contributed by atoms with Crippen LogP contribution in [0.25, 0.3) is 0 Å². The van der Waals surface area contributed by atoms with Crippen molar-refractivity contribution < 1.29 is 4.79 Å². The van der Waals surface area contributed by atoms with Gasteiger partial charge in [-0.3, -0.25) is 4.79 Å². The zero-order chi connectivity index (χ0) is 13.3. The van der Waals surface area contributed by atoms with Gasteiger partial charge in [0, 0.05) is 5.54 Å². The summed E-state index contributed by atoms with van der Waals surface area (Å²) in [6, 6.07) is 10.2. The highest BCUT2D eigenvalue weighted by atomic mass is 16.2. The number of nitrogens with one attached hydrogen (secondary N) is 2. The molecule has 1 saturated carbocycles. The van der Waals surface area contributed by atoms with Gasteiger partial charge < -0.3 is 10.6 Å². The molecule has 2 aliphatic rings. The van der Waals surface area contributed by atoms with E-state index in [2.05, 4.69) is 29.7 Å². The standard InChI is InChI=1S/C16H22N2O/c1-15(9-11-17-12-10-15)18-14(19)16(7-8-16)13-5-3-2-4-6-13/h2-6,17H,7-12H2,1H3,(H,18,19). The third kappa shape index (κ3) is 2.39. The minimum Gasteiger partial charge on any atom is -0.350 e. The molecule has 1 aromatic rings. The Morgan fingerprint density at radius 3 is 2.32 bits per heavy atom. The summed E-state index contributed by atoms with van der Waals surface area (Å²) in [5.41, 5.74) is 0.895. The van der Waals surface area contributed by atoms with Crippen molar-refractivity contribution in [3.8, 4) is 0 Å². The predicted octanol–water partition coefficient (Wildman–Crippen LogP) is 1.98. The predicted molar refractivity (Wildman–Crippen MR) is 76.0 cm³/mol. The molecule has 0 bridgehead atoms. The van der Waals surface area contributed by atoms with Gasteiger partial charge in [-0.15, -0.1) is 0 Å². The number of rotatable bonds is 3. The van der Waals surface area contributed by atoms with Gasteiger partial charge in [-0.25, -0.2) is 0 Å². The lowest BCUT2D eigenvalue weighted by Gasteiger charge is -2.36. The first kappa shape index (κ1) is 12.7. The molecule has 0 unspecified atom stereocenters. The molecular weight excluding hydrogens is 236 g/mol. The van der Waals surface area contributed by atoms with Crippen LogP contribution in [-0.4, -0.2) is 24.5 Å². The fourth-order valence-corrected chi connectivity index (χ4v) is 3.03. The minimum atomic E-state index is -0.241. The van der Waals surface area contributed by atoms with Crippen LogP contribution in [-0.2, 0) is 10.2 Å². The Hall–Kier alpha value is -1.35. The number of carbonyl (C=O) groups is 1. The number of benzene rings is 1. The maximum Gasteiger partial charge on any atom is 0.231 e. The van der Waals surface area contributed by atoms with Crippen molar-refractivity contribution in [3.05, 3.63) is 35.9 Å². The van der Waals surface area contributed by atoms with Crippen molar-refractivity contribution in [1.29, 1.82) is 0 Å². The Kier molecular flexibility index (Phi) is 3.09. The molecule has 1 heterocycles. The van der Waals surface area contributed by atoms with Crippen LogP contribution in [0.2, 0.25) is 0 Å². The fourth-order valence-electron chi connectivity index (χ4n) is 3.03. The summed E-state index contributed by atoms with van der Waals surface area (Å²) in [6.45, 7) is 4.16. The molecule has 3 rings (SSSR count). The van der Waals surface area contributed by atoms with Crippen molar-refractivity contribution in [1.82, 2.24) is 10.6 Å². The van der Waals surface area contributed by atoms with E-state index in [9.17, 15) is 4.79 Å². The van der Waals surface area contributed by atoms with Gasteiger partial charge in [0.2, 0.25) is 5.91 Å².